The molecule has 0 bridgehead atoms. The molecule has 3 rings (SSSR count). The number of aromatic nitrogens is 3. The Morgan fingerprint density at radius 2 is 2.44 bits per heavy atom. The third kappa shape index (κ3) is 2.06. The predicted molar refractivity (Wildman–Crippen MR) is 70.7 cm³/mol. The molecule has 1 aliphatic rings. The summed E-state index contributed by atoms with van der Waals surface area (Å²) in [5.41, 5.74) is 0.911. The van der Waals surface area contributed by atoms with Gasteiger partial charge in [-0.2, -0.15) is 0 Å². The molecule has 1 saturated heterocycles. The molecule has 0 amide bonds. The molecule has 0 radical (unpaired) electrons. The molecule has 96 valence electrons. The normalized spacial score (nSPS) is 20.5. The Bertz CT molecular complexity index is 522. The number of H-pyrrole nitrogens is 1. The highest BCUT2D eigenvalue weighted by molar-refractivity contribution is 5.87. The van der Waals surface area contributed by atoms with Crippen LogP contribution >= 0.6 is 0 Å². The van der Waals surface area contributed by atoms with Gasteiger partial charge in [0.1, 0.15) is 17.8 Å². The van der Waals surface area contributed by atoms with Crippen molar-refractivity contribution in [3.63, 3.8) is 0 Å². The van der Waals surface area contributed by atoms with Crippen molar-refractivity contribution in [2.75, 3.05) is 31.7 Å². The number of nitrogens with one attached hydrogen (secondary N) is 1. The van der Waals surface area contributed by atoms with E-state index in [0.29, 0.717) is 5.92 Å². The zero-order valence-electron chi connectivity index (χ0n) is 10.6. The third-order valence-corrected chi connectivity index (χ3v) is 3.55. The highest BCUT2D eigenvalue weighted by Gasteiger charge is 2.22. The zero-order chi connectivity index (χ0) is 12.4. The van der Waals surface area contributed by atoms with E-state index in [2.05, 4.69) is 19.9 Å². The second kappa shape index (κ2) is 4.94. The topological polar surface area (TPSA) is 54.0 Å². The molecule has 0 aromatic carbocycles. The fourth-order valence-electron chi connectivity index (χ4n) is 2.74. The second-order valence-electron chi connectivity index (χ2n) is 4.85. The second-order valence-corrected chi connectivity index (χ2v) is 4.85. The van der Waals surface area contributed by atoms with Crippen LogP contribution in [0.5, 0.6) is 0 Å². The van der Waals surface area contributed by atoms with Crippen molar-refractivity contribution in [2.45, 2.75) is 12.8 Å². The smallest absolute Gasteiger partial charge is 0.142 e. The van der Waals surface area contributed by atoms with Crippen molar-refractivity contribution in [2.24, 2.45) is 5.92 Å². The van der Waals surface area contributed by atoms with Crippen LogP contribution in [0.15, 0.2) is 18.6 Å². The molecular formula is C13H18N4O. The summed E-state index contributed by atoms with van der Waals surface area (Å²) in [6.07, 6.45) is 5.99. The summed E-state index contributed by atoms with van der Waals surface area (Å²) in [6.45, 7) is 2.92. The van der Waals surface area contributed by atoms with Gasteiger partial charge in [-0.05, 0) is 24.8 Å². The first-order valence-electron chi connectivity index (χ1n) is 6.40. The Hall–Kier alpha value is -1.62. The van der Waals surface area contributed by atoms with Crippen LogP contribution in [0.2, 0.25) is 0 Å². The minimum Gasteiger partial charge on any atom is -0.384 e. The number of ether oxygens (including phenoxy) is 1. The molecule has 5 nitrogen and oxygen atoms in total. The van der Waals surface area contributed by atoms with E-state index >= 15 is 0 Å². The Morgan fingerprint density at radius 1 is 1.50 bits per heavy atom. The van der Waals surface area contributed by atoms with E-state index in [4.69, 9.17) is 4.74 Å². The van der Waals surface area contributed by atoms with Gasteiger partial charge in [-0.1, -0.05) is 0 Å². The van der Waals surface area contributed by atoms with Crippen LogP contribution in [0.4, 0.5) is 5.82 Å². The SMILES string of the molecule is COCC1CCCN(c2ncnc3[nH]ccc23)C1. The van der Waals surface area contributed by atoms with Crippen molar-refractivity contribution < 1.29 is 4.74 Å². The van der Waals surface area contributed by atoms with Gasteiger partial charge < -0.3 is 14.6 Å². The van der Waals surface area contributed by atoms with Crippen molar-refractivity contribution >= 4 is 16.9 Å². The van der Waals surface area contributed by atoms with E-state index < -0.39 is 0 Å². The molecule has 2 aromatic rings. The molecule has 2 aromatic heterocycles. The lowest BCUT2D eigenvalue weighted by atomic mass is 9.99. The first-order valence-corrected chi connectivity index (χ1v) is 6.40. The summed E-state index contributed by atoms with van der Waals surface area (Å²) in [7, 11) is 1.77. The average molecular weight is 246 g/mol. The number of hydrogen-bond donors (Lipinski definition) is 1. The lowest BCUT2D eigenvalue weighted by Gasteiger charge is -2.33. The van der Waals surface area contributed by atoms with Crippen LogP contribution in [0.1, 0.15) is 12.8 Å². The molecule has 0 saturated carbocycles. The van der Waals surface area contributed by atoms with Crippen LogP contribution in [0, 0.1) is 5.92 Å². The van der Waals surface area contributed by atoms with Gasteiger partial charge in [0.2, 0.25) is 0 Å². The molecular weight excluding hydrogens is 228 g/mol. The number of aromatic amines is 1. The first-order chi connectivity index (χ1) is 8.88. The largest absolute Gasteiger partial charge is 0.384 e. The van der Waals surface area contributed by atoms with Crippen LogP contribution in [0.25, 0.3) is 11.0 Å². The van der Waals surface area contributed by atoms with Crippen LogP contribution in [-0.2, 0) is 4.74 Å². The van der Waals surface area contributed by atoms with E-state index in [1.54, 1.807) is 13.4 Å². The Labute approximate surface area is 106 Å². The van der Waals surface area contributed by atoms with E-state index in [1.165, 1.54) is 12.8 Å². The minimum atomic E-state index is 0.604. The van der Waals surface area contributed by atoms with Crippen LogP contribution < -0.4 is 4.90 Å². The van der Waals surface area contributed by atoms with Crippen LogP contribution in [-0.4, -0.2) is 41.8 Å². The molecule has 0 spiro atoms. The molecule has 18 heavy (non-hydrogen) atoms. The first kappa shape index (κ1) is 11.5. The number of nitrogens with zero attached hydrogens (tertiary/aromatic N) is 3. The number of hydrogen-bond acceptors (Lipinski definition) is 4. The summed E-state index contributed by atoms with van der Waals surface area (Å²) in [5.74, 6) is 1.65. The van der Waals surface area contributed by atoms with E-state index in [-0.39, 0.29) is 0 Å². The standard InChI is InChI=1S/C13H18N4O/c1-18-8-10-3-2-6-17(7-10)13-11-4-5-14-12(11)15-9-16-13/h4-5,9-10H,2-3,6-8H2,1H3,(H,14,15,16). The summed E-state index contributed by atoms with van der Waals surface area (Å²) in [4.78, 5) is 14.2. The molecule has 5 heteroatoms. The lowest BCUT2D eigenvalue weighted by molar-refractivity contribution is 0.143. The summed E-state index contributed by atoms with van der Waals surface area (Å²) >= 11 is 0. The van der Waals surface area contributed by atoms with Gasteiger partial charge in [0.15, 0.2) is 0 Å². The maximum atomic E-state index is 5.27. The van der Waals surface area contributed by atoms with E-state index in [1.807, 2.05) is 12.3 Å². The quantitative estimate of drug-likeness (QED) is 0.897. The number of piperidine rings is 1. The van der Waals surface area contributed by atoms with Crippen molar-refractivity contribution in [3.8, 4) is 0 Å². The maximum Gasteiger partial charge on any atom is 0.142 e. The summed E-state index contributed by atoms with van der Waals surface area (Å²) in [5, 5.41) is 1.11. The van der Waals surface area contributed by atoms with Gasteiger partial charge in [-0.3, -0.25) is 0 Å². The number of anilines is 1. The Morgan fingerprint density at radius 3 is 3.33 bits per heavy atom. The van der Waals surface area contributed by atoms with Crippen molar-refractivity contribution in [1.29, 1.82) is 0 Å². The zero-order valence-corrected chi connectivity index (χ0v) is 10.6. The monoisotopic (exact) mass is 246 g/mol. The van der Waals surface area contributed by atoms with Gasteiger partial charge in [-0.15, -0.1) is 0 Å². The van der Waals surface area contributed by atoms with E-state index in [0.717, 1.165) is 36.5 Å². The third-order valence-electron chi connectivity index (χ3n) is 3.55. The lowest BCUT2D eigenvalue weighted by Crippen LogP contribution is -2.37. The van der Waals surface area contributed by atoms with Crippen molar-refractivity contribution in [3.05, 3.63) is 18.6 Å². The van der Waals surface area contributed by atoms with E-state index in [9.17, 15) is 0 Å². The predicted octanol–water partition coefficient (Wildman–Crippen LogP) is 1.82. The number of fused-ring (bicyclic) bond motifs is 1. The fraction of sp³-hybridized carbons (Fsp3) is 0.538. The molecule has 1 atom stereocenters. The highest BCUT2D eigenvalue weighted by Crippen LogP contribution is 2.26. The van der Waals surface area contributed by atoms with Crippen molar-refractivity contribution in [1.82, 2.24) is 15.0 Å². The summed E-state index contributed by atoms with van der Waals surface area (Å²) < 4.78 is 5.27. The van der Waals surface area contributed by atoms with Crippen LogP contribution in [0.3, 0.4) is 0 Å². The summed E-state index contributed by atoms with van der Waals surface area (Å²) in [6, 6.07) is 2.05. The highest BCUT2D eigenvalue weighted by atomic mass is 16.5. The van der Waals surface area contributed by atoms with Gasteiger partial charge in [0.25, 0.3) is 0 Å². The Kier molecular flexibility index (Phi) is 3.15. The number of rotatable bonds is 3. The minimum absolute atomic E-state index is 0.604. The molecule has 0 aliphatic carbocycles. The molecule has 1 fully saturated rings. The Balaban J connectivity index is 1.87. The fourth-order valence-corrected chi connectivity index (χ4v) is 2.74. The van der Waals surface area contributed by atoms with Gasteiger partial charge >= 0.3 is 0 Å². The molecule has 1 N–H and O–H groups in total. The molecule has 3 heterocycles. The average Bonchev–Trinajstić information content (AvgIpc) is 2.87. The van der Waals surface area contributed by atoms with Gasteiger partial charge in [-0.25, -0.2) is 9.97 Å². The van der Waals surface area contributed by atoms with Gasteiger partial charge in [0.05, 0.1) is 12.0 Å². The van der Waals surface area contributed by atoms with Gasteiger partial charge in [0, 0.05) is 26.4 Å². The molecule has 1 unspecified atom stereocenters. The number of methoxy groups -OCH3 is 1. The molecule has 1 aliphatic heterocycles. The maximum absolute atomic E-state index is 5.27.